The van der Waals surface area contributed by atoms with E-state index in [0.29, 0.717) is 18.5 Å². The molecule has 2 aliphatic heterocycles. The molecule has 0 bridgehead atoms. The van der Waals surface area contributed by atoms with Gasteiger partial charge in [0.05, 0.1) is 6.04 Å². The van der Waals surface area contributed by atoms with Crippen molar-refractivity contribution < 1.29 is 9.59 Å². The molecule has 0 radical (unpaired) electrons. The van der Waals surface area contributed by atoms with Crippen molar-refractivity contribution in [3.63, 3.8) is 0 Å². The zero-order valence-electron chi connectivity index (χ0n) is 15.4. The third kappa shape index (κ3) is 4.12. The van der Waals surface area contributed by atoms with Gasteiger partial charge in [0.2, 0.25) is 11.8 Å². The lowest BCUT2D eigenvalue weighted by atomic mass is 9.95. The van der Waals surface area contributed by atoms with Crippen LogP contribution in [0.1, 0.15) is 49.4 Å². The van der Waals surface area contributed by atoms with Crippen LogP contribution in [0, 0.1) is 11.8 Å². The van der Waals surface area contributed by atoms with E-state index in [1.165, 1.54) is 17.7 Å². The Balaban J connectivity index is 1.28. The van der Waals surface area contributed by atoms with E-state index in [9.17, 15) is 9.59 Å². The Morgan fingerprint density at radius 3 is 2.42 bits per heavy atom. The summed E-state index contributed by atoms with van der Waals surface area (Å²) < 4.78 is 0. The fourth-order valence-electron chi connectivity index (χ4n) is 4.24. The fraction of sp³-hybridized carbons (Fsp3) is 0.700. The average molecular weight is 376 g/mol. The number of amides is 2. The molecule has 2 amide bonds. The molecule has 0 spiro atoms. The van der Waals surface area contributed by atoms with Gasteiger partial charge in [-0.05, 0) is 63.1 Å². The summed E-state index contributed by atoms with van der Waals surface area (Å²) in [5.74, 6) is 0.827. The van der Waals surface area contributed by atoms with Crippen LogP contribution in [-0.2, 0) is 9.59 Å². The minimum Gasteiger partial charge on any atom is -0.354 e. The number of carbonyl (C=O) groups is 2. The van der Waals surface area contributed by atoms with Crippen molar-refractivity contribution in [2.24, 2.45) is 11.8 Å². The molecule has 4 rings (SSSR count). The van der Waals surface area contributed by atoms with E-state index in [1.807, 2.05) is 4.90 Å². The Kier molecular flexibility index (Phi) is 5.60. The number of hydrogen-bond acceptors (Lipinski definition) is 4. The minimum atomic E-state index is 0.0563. The third-order valence-corrected chi connectivity index (χ3v) is 7.00. The maximum Gasteiger partial charge on any atom is 0.225 e. The first-order valence-electron chi connectivity index (χ1n) is 10.1. The van der Waals surface area contributed by atoms with Crippen LogP contribution in [0.3, 0.4) is 0 Å². The van der Waals surface area contributed by atoms with E-state index < -0.39 is 0 Å². The minimum absolute atomic E-state index is 0.0563. The van der Waals surface area contributed by atoms with Crippen LogP contribution >= 0.6 is 11.3 Å². The molecule has 1 aromatic rings. The van der Waals surface area contributed by atoms with Crippen molar-refractivity contribution in [1.82, 2.24) is 15.1 Å². The first-order valence-corrected chi connectivity index (χ1v) is 10.9. The van der Waals surface area contributed by atoms with Gasteiger partial charge in [-0.25, -0.2) is 0 Å². The lowest BCUT2D eigenvalue weighted by molar-refractivity contribution is -0.136. The second-order valence-electron chi connectivity index (χ2n) is 7.89. The van der Waals surface area contributed by atoms with E-state index in [4.69, 9.17) is 0 Å². The molecule has 3 fully saturated rings. The number of hydrogen-bond donors (Lipinski definition) is 1. The molecule has 1 saturated carbocycles. The standard InChI is InChI=1S/C20H29N3O2S/c24-19(15-7-11-23(12-8-15)20(25)16-5-6-16)21-14-17(18-4-3-13-26-18)22-9-1-2-10-22/h3-4,13,15-17H,1-2,5-12,14H2,(H,21,24). The Hall–Kier alpha value is -1.40. The molecule has 1 unspecified atom stereocenters. The van der Waals surface area contributed by atoms with Crippen LogP contribution in [0.15, 0.2) is 17.5 Å². The highest BCUT2D eigenvalue weighted by atomic mass is 32.1. The Labute approximate surface area is 159 Å². The lowest BCUT2D eigenvalue weighted by Crippen LogP contribution is -2.45. The molecule has 2 saturated heterocycles. The Morgan fingerprint density at radius 1 is 1.08 bits per heavy atom. The van der Waals surface area contributed by atoms with E-state index in [0.717, 1.165) is 51.9 Å². The van der Waals surface area contributed by atoms with Crippen LogP contribution in [0.5, 0.6) is 0 Å². The highest BCUT2D eigenvalue weighted by molar-refractivity contribution is 7.10. The van der Waals surface area contributed by atoms with Crippen LogP contribution in [0.2, 0.25) is 0 Å². The Morgan fingerprint density at radius 2 is 1.81 bits per heavy atom. The largest absolute Gasteiger partial charge is 0.354 e. The van der Waals surface area contributed by atoms with E-state index in [-0.39, 0.29) is 17.7 Å². The van der Waals surface area contributed by atoms with E-state index >= 15 is 0 Å². The number of piperidine rings is 1. The third-order valence-electron chi connectivity index (χ3n) is 6.03. The number of carbonyl (C=O) groups excluding carboxylic acids is 2. The summed E-state index contributed by atoms with van der Waals surface area (Å²) in [6.07, 6.45) is 6.22. The molecular weight excluding hydrogens is 346 g/mol. The van der Waals surface area contributed by atoms with Crippen molar-refractivity contribution in [3.8, 4) is 0 Å². The maximum absolute atomic E-state index is 12.7. The summed E-state index contributed by atoms with van der Waals surface area (Å²) in [6, 6.07) is 4.58. The van der Waals surface area contributed by atoms with Crippen LogP contribution < -0.4 is 5.32 Å². The van der Waals surface area contributed by atoms with E-state index in [1.54, 1.807) is 11.3 Å². The first-order chi connectivity index (χ1) is 12.7. The van der Waals surface area contributed by atoms with Gasteiger partial charge in [0.15, 0.2) is 0 Å². The molecule has 0 aromatic carbocycles. The number of rotatable bonds is 6. The zero-order chi connectivity index (χ0) is 17.9. The molecule has 1 aliphatic carbocycles. The summed E-state index contributed by atoms with van der Waals surface area (Å²) in [6.45, 7) is 4.43. The van der Waals surface area contributed by atoms with Crippen molar-refractivity contribution in [3.05, 3.63) is 22.4 Å². The first kappa shape index (κ1) is 18.0. The quantitative estimate of drug-likeness (QED) is 0.832. The predicted octanol–water partition coefficient (Wildman–Crippen LogP) is 2.65. The van der Waals surface area contributed by atoms with Gasteiger partial charge in [-0.1, -0.05) is 6.07 Å². The van der Waals surface area contributed by atoms with Gasteiger partial charge in [0, 0.05) is 36.3 Å². The summed E-state index contributed by atoms with van der Waals surface area (Å²) >= 11 is 1.78. The Bertz CT molecular complexity index is 615. The predicted molar refractivity (Wildman–Crippen MR) is 103 cm³/mol. The molecule has 1 aromatic heterocycles. The molecular formula is C20H29N3O2S. The topological polar surface area (TPSA) is 52.7 Å². The van der Waals surface area contributed by atoms with Gasteiger partial charge >= 0.3 is 0 Å². The van der Waals surface area contributed by atoms with Crippen molar-refractivity contribution in [1.29, 1.82) is 0 Å². The highest BCUT2D eigenvalue weighted by Gasteiger charge is 2.36. The van der Waals surface area contributed by atoms with Gasteiger partial charge in [-0.3, -0.25) is 14.5 Å². The van der Waals surface area contributed by atoms with Gasteiger partial charge in [-0.15, -0.1) is 11.3 Å². The van der Waals surface area contributed by atoms with Crippen LogP contribution in [0.25, 0.3) is 0 Å². The monoisotopic (exact) mass is 375 g/mol. The van der Waals surface area contributed by atoms with Gasteiger partial charge in [0.1, 0.15) is 0 Å². The molecule has 3 aliphatic rings. The summed E-state index contributed by atoms with van der Waals surface area (Å²) in [5.41, 5.74) is 0. The van der Waals surface area contributed by atoms with Crippen LogP contribution in [0.4, 0.5) is 0 Å². The normalized spacial score (nSPS) is 23.2. The fourth-order valence-corrected chi connectivity index (χ4v) is 5.10. The molecule has 1 N–H and O–H groups in total. The highest BCUT2D eigenvalue weighted by Crippen LogP contribution is 2.32. The van der Waals surface area contributed by atoms with Crippen molar-refractivity contribution in [2.45, 2.75) is 44.6 Å². The van der Waals surface area contributed by atoms with Crippen LogP contribution in [-0.4, -0.2) is 54.3 Å². The molecule has 1 atom stereocenters. The molecule has 6 heteroatoms. The lowest BCUT2D eigenvalue weighted by Gasteiger charge is -2.32. The maximum atomic E-state index is 12.7. The van der Waals surface area contributed by atoms with Gasteiger partial charge in [0.25, 0.3) is 0 Å². The number of likely N-dealkylation sites (tertiary alicyclic amines) is 2. The van der Waals surface area contributed by atoms with Crippen molar-refractivity contribution in [2.75, 3.05) is 32.7 Å². The summed E-state index contributed by atoms with van der Waals surface area (Å²) in [5, 5.41) is 5.34. The number of nitrogens with one attached hydrogen (secondary N) is 1. The molecule has 142 valence electrons. The second kappa shape index (κ2) is 8.09. The number of nitrogens with zero attached hydrogens (tertiary/aromatic N) is 2. The average Bonchev–Trinajstić information content (AvgIpc) is 3.13. The molecule has 26 heavy (non-hydrogen) atoms. The van der Waals surface area contributed by atoms with Crippen molar-refractivity contribution >= 4 is 23.2 Å². The van der Waals surface area contributed by atoms with E-state index in [2.05, 4.69) is 27.7 Å². The molecule has 5 nitrogen and oxygen atoms in total. The summed E-state index contributed by atoms with van der Waals surface area (Å²) in [7, 11) is 0. The number of thiophene rings is 1. The van der Waals surface area contributed by atoms with Gasteiger partial charge < -0.3 is 10.2 Å². The zero-order valence-corrected chi connectivity index (χ0v) is 16.2. The smallest absolute Gasteiger partial charge is 0.225 e. The molecule has 3 heterocycles. The SMILES string of the molecule is O=C(NCC(c1cccs1)N1CCCC1)C1CCN(C(=O)C2CC2)CC1. The second-order valence-corrected chi connectivity index (χ2v) is 8.87. The summed E-state index contributed by atoms with van der Waals surface area (Å²) in [4.78, 5) is 30.7. The van der Waals surface area contributed by atoms with Gasteiger partial charge in [-0.2, -0.15) is 0 Å².